The van der Waals surface area contributed by atoms with Crippen LogP contribution in [0.15, 0.2) is 28.2 Å². The van der Waals surface area contributed by atoms with E-state index >= 15 is 0 Å². The maximum absolute atomic E-state index is 11.5. The smallest absolute Gasteiger partial charge is 0.339 e. The molecule has 1 rings (SSSR count). The lowest BCUT2D eigenvalue weighted by Gasteiger charge is -2.03. The molecule has 1 aromatic rings. The first kappa shape index (κ1) is 14.0. The van der Waals surface area contributed by atoms with Crippen molar-refractivity contribution in [3.63, 3.8) is 0 Å². The summed E-state index contributed by atoms with van der Waals surface area (Å²) in [6.07, 6.45) is 0. The van der Waals surface area contributed by atoms with E-state index in [2.05, 4.69) is 14.7 Å². The Labute approximate surface area is 109 Å². The molecule has 0 fully saturated rings. The summed E-state index contributed by atoms with van der Waals surface area (Å²) in [6.45, 7) is 0. The lowest BCUT2D eigenvalue weighted by molar-refractivity contribution is 0.0600. The number of ether oxygens (including phenoxy) is 1. The fourth-order valence-corrected chi connectivity index (χ4v) is 1.27. The lowest BCUT2D eigenvalue weighted by Crippen LogP contribution is -2.26. The largest absolute Gasteiger partial charge is 0.465 e. The van der Waals surface area contributed by atoms with Gasteiger partial charge in [-0.25, -0.2) is 9.79 Å². The molecule has 0 amide bonds. The number of aliphatic imine (C=N–C) groups is 2. The molecule has 0 atom stereocenters. The van der Waals surface area contributed by atoms with Crippen molar-refractivity contribution in [2.75, 3.05) is 7.11 Å². The van der Waals surface area contributed by atoms with Gasteiger partial charge in [-0.1, -0.05) is 0 Å². The molecule has 0 aromatic heterocycles. The molecule has 8 nitrogen and oxygen atoms in total. The molecular formula is C11H12N6O2. The highest BCUT2D eigenvalue weighted by Crippen LogP contribution is 2.19. The van der Waals surface area contributed by atoms with Crippen LogP contribution in [0.2, 0.25) is 0 Å². The van der Waals surface area contributed by atoms with Crippen LogP contribution in [0.3, 0.4) is 0 Å². The van der Waals surface area contributed by atoms with Gasteiger partial charge >= 0.3 is 5.97 Å². The van der Waals surface area contributed by atoms with Gasteiger partial charge in [0.15, 0.2) is 5.96 Å². The quantitative estimate of drug-likeness (QED) is 0.372. The number of nitriles is 1. The molecule has 0 unspecified atom stereocenters. The molecule has 1 aromatic carbocycles. The first-order valence-electron chi connectivity index (χ1n) is 5.04. The molecule has 6 N–H and O–H groups in total. The van der Waals surface area contributed by atoms with E-state index in [0.29, 0.717) is 5.69 Å². The summed E-state index contributed by atoms with van der Waals surface area (Å²) < 4.78 is 4.57. The lowest BCUT2D eigenvalue weighted by atomic mass is 10.1. The number of rotatable bonds is 2. The van der Waals surface area contributed by atoms with Crippen molar-refractivity contribution in [2.45, 2.75) is 0 Å². The average Bonchev–Trinajstić information content (AvgIpc) is 2.36. The van der Waals surface area contributed by atoms with Gasteiger partial charge in [-0.3, -0.25) is 0 Å². The van der Waals surface area contributed by atoms with Gasteiger partial charge in [0.05, 0.1) is 23.9 Å². The van der Waals surface area contributed by atoms with Gasteiger partial charge in [0.1, 0.15) is 6.07 Å². The number of hydrogen-bond donors (Lipinski definition) is 3. The number of carbonyl (C=O) groups excluding carboxylic acids is 1. The predicted molar refractivity (Wildman–Crippen MR) is 69.6 cm³/mol. The van der Waals surface area contributed by atoms with Crippen molar-refractivity contribution < 1.29 is 9.53 Å². The topological polar surface area (TPSA) is 153 Å². The van der Waals surface area contributed by atoms with Crippen LogP contribution in [-0.4, -0.2) is 25.0 Å². The maximum Gasteiger partial charge on any atom is 0.339 e. The zero-order chi connectivity index (χ0) is 14.4. The van der Waals surface area contributed by atoms with Gasteiger partial charge < -0.3 is 21.9 Å². The molecule has 0 bridgehead atoms. The number of nitrogens with two attached hydrogens (primary N) is 3. The number of esters is 1. The molecule has 0 saturated heterocycles. The molecular weight excluding hydrogens is 248 g/mol. The first-order valence-corrected chi connectivity index (χ1v) is 5.04. The molecule has 0 aliphatic rings. The fraction of sp³-hybridized carbons (Fsp3) is 0.0909. The highest BCUT2D eigenvalue weighted by molar-refractivity contribution is 5.95. The minimum absolute atomic E-state index is 0.0868. The highest BCUT2D eigenvalue weighted by atomic mass is 16.5. The molecule has 98 valence electrons. The van der Waals surface area contributed by atoms with Crippen molar-refractivity contribution in [1.82, 2.24) is 0 Å². The van der Waals surface area contributed by atoms with E-state index in [1.54, 1.807) is 0 Å². The van der Waals surface area contributed by atoms with E-state index in [1.165, 1.54) is 25.3 Å². The second-order valence-corrected chi connectivity index (χ2v) is 3.34. The number of carbonyl (C=O) groups is 1. The number of hydrogen-bond acceptors (Lipinski definition) is 4. The van der Waals surface area contributed by atoms with E-state index in [9.17, 15) is 4.79 Å². The number of benzene rings is 1. The van der Waals surface area contributed by atoms with Crippen LogP contribution in [0.4, 0.5) is 5.69 Å². The van der Waals surface area contributed by atoms with E-state index in [0.717, 1.165) is 0 Å². The van der Waals surface area contributed by atoms with Crippen LogP contribution in [0.1, 0.15) is 15.9 Å². The molecule has 0 heterocycles. The number of nitrogens with zero attached hydrogens (tertiary/aromatic N) is 3. The Morgan fingerprint density at radius 3 is 2.58 bits per heavy atom. The van der Waals surface area contributed by atoms with Gasteiger partial charge in [0.25, 0.3) is 0 Å². The SMILES string of the molecule is COC(=O)c1cc(N=C(N)N=C(N)N)ccc1C#N. The first-order chi connectivity index (χ1) is 8.97. The van der Waals surface area contributed by atoms with E-state index < -0.39 is 5.97 Å². The Morgan fingerprint density at radius 1 is 1.37 bits per heavy atom. The van der Waals surface area contributed by atoms with E-state index in [1.807, 2.05) is 6.07 Å². The molecule has 19 heavy (non-hydrogen) atoms. The van der Waals surface area contributed by atoms with Gasteiger partial charge in [-0.05, 0) is 18.2 Å². The minimum Gasteiger partial charge on any atom is -0.465 e. The van der Waals surface area contributed by atoms with Crippen LogP contribution >= 0.6 is 0 Å². The molecule has 0 aliphatic carbocycles. The Hall–Kier alpha value is -3.08. The Balaban J connectivity index is 3.23. The fourth-order valence-electron chi connectivity index (χ4n) is 1.27. The third kappa shape index (κ3) is 3.71. The summed E-state index contributed by atoms with van der Waals surface area (Å²) in [5, 5.41) is 8.88. The molecule has 0 aliphatic heterocycles. The van der Waals surface area contributed by atoms with Crippen molar-refractivity contribution >= 4 is 23.6 Å². The Bertz CT molecular complexity index is 596. The Morgan fingerprint density at radius 2 is 2.05 bits per heavy atom. The van der Waals surface area contributed by atoms with Crippen LogP contribution < -0.4 is 17.2 Å². The molecule has 0 saturated carbocycles. The van der Waals surface area contributed by atoms with Crippen LogP contribution in [-0.2, 0) is 4.74 Å². The summed E-state index contributed by atoms with van der Waals surface area (Å²) in [6, 6.07) is 6.16. The van der Waals surface area contributed by atoms with E-state index in [-0.39, 0.29) is 23.0 Å². The third-order valence-electron chi connectivity index (χ3n) is 2.02. The number of guanidine groups is 2. The summed E-state index contributed by atoms with van der Waals surface area (Å²) in [4.78, 5) is 18.9. The normalized spacial score (nSPS) is 10.4. The Kier molecular flexibility index (Phi) is 4.43. The van der Waals surface area contributed by atoms with Gasteiger partial charge in [-0.15, -0.1) is 0 Å². The van der Waals surface area contributed by atoms with Crippen LogP contribution in [0, 0.1) is 11.3 Å². The predicted octanol–water partition coefficient (Wildman–Crippen LogP) is -0.436. The molecule has 8 heteroatoms. The van der Waals surface area contributed by atoms with E-state index in [4.69, 9.17) is 22.5 Å². The monoisotopic (exact) mass is 260 g/mol. The van der Waals surface area contributed by atoms with Gasteiger partial charge in [0, 0.05) is 0 Å². The summed E-state index contributed by atoms with van der Waals surface area (Å²) >= 11 is 0. The van der Waals surface area contributed by atoms with Crippen molar-refractivity contribution in [3.05, 3.63) is 29.3 Å². The second kappa shape index (κ2) is 6.02. The van der Waals surface area contributed by atoms with Gasteiger partial charge in [-0.2, -0.15) is 10.3 Å². The average molecular weight is 260 g/mol. The summed E-state index contributed by atoms with van der Waals surface area (Å²) in [5.41, 5.74) is 16.3. The van der Waals surface area contributed by atoms with Crippen LogP contribution in [0.5, 0.6) is 0 Å². The maximum atomic E-state index is 11.5. The van der Waals surface area contributed by atoms with Gasteiger partial charge in [0.2, 0.25) is 5.96 Å². The standard InChI is InChI=1S/C11H12N6O2/c1-19-9(18)8-4-7(3-2-6(8)5-12)16-11(15)17-10(13)14/h2-4H,1H3,(H6,13,14,15,16,17). The highest BCUT2D eigenvalue weighted by Gasteiger charge is 2.12. The number of methoxy groups -OCH3 is 1. The van der Waals surface area contributed by atoms with Crippen LogP contribution in [0.25, 0.3) is 0 Å². The summed E-state index contributed by atoms with van der Waals surface area (Å²) in [5.74, 6) is -1.04. The second-order valence-electron chi connectivity index (χ2n) is 3.34. The van der Waals surface area contributed by atoms with Crippen molar-refractivity contribution in [2.24, 2.45) is 27.2 Å². The van der Waals surface area contributed by atoms with Crippen molar-refractivity contribution in [3.8, 4) is 6.07 Å². The summed E-state index contributed by atoms with van der Waals surface area (Å²) in [7, 11) is 1.22. The molecule has 0 radical (unpaired) electrons. The molecule has 0 spiro atoms. The zero-order valence-electron chi connectivity index (χ0n) is 10.1. The van der Waals surface area contributed by atoms with Crippen molar-refractivity contribution in [1.29, 1.82) is 5.26 Å². The third-order valence-corrected chi connectivity index (χ3v) is 2.02. The zero-order valence-corrected chi connectivity index (χ0v) is 10.1. The minimum atomic E-state index is -0.644.